The molecule has 0 amide bonds. The number of nitrogens with one attached hydrogen (secondary N) is 1. The molecule has 1 saturated heterocycles. The highest BCUT2D eigenvalue weighted by atomic mass is 16.5. The van der Waals surface area contributed by atoms with Crippen molar-refractivity contribution in [3.63, 3.8) is 0 Å². The van der Waals surface area contributed by atoms with E-state index >= 15 is 0 Å². The van der Waals surface area contributed by atoms with Gasteiger partial charge in [0.2, 0.25) is 5.95 Å². The minimum atomic E-state index is -0.858. The van der Waals surface area contributed by atoms with Gasteiger partial charge in [-0.1, -0.05) is 0 Å². The van der Waals surface area contributed by atoms with Crippen LogP contribution in [-0.4, -0.2) is 50.2 Å². The molecule has 0 aromatic carbocycles. The molecule has 2 aromatic heterocycles. The van der Waals surface area contributed by atoms with Crippen LogP contribution in [0.5, 0.6) is 0 Å². The van der Waals surface area contributed by atoms with Gasteiger partial charge in [-0.2, -0.15) is 4.98 Å². The molecule has 0 radical (unpaired) electrons. The lowest BCUT2D eigenvalue weighted by Crippen LogP contribution is -2.30. The molecule has 0 unspecified atom stereocenters. The predicted octanol–water partition coefficient (Wildman–Crippen LogP) is -1.40. The topological polar surface area (TPSA) is 126 Å². The quantitative estimate of drug-likeness (QED) is 0.529. The predicted molar refractivity (Wildman–Crippen MR) is 66.6 cm³/mol. The van der Waals surface area contributed by atoms with E-state index in [0.717, 1.165) is 0 Å². The van der Waals surface area contributed by atoms with Crippen LogP contribution in [-0.2, 0) is 4.74 Å². The maximum absolute atomic E-state index is 11.7. The van der Waals surface area contributed by atoms with E-state index in [1.54, 1.807) is 16.8 Å². The van der Waals surface area contributed by atoms with Gasteiger partial charge in [-0.3, -0.25) is 9.78 Å². The molecule has 1 aliphatic heterocycles. The Morgan fingerprint density at radius 1 is 1.63 bits per heavy atom. The number of aliphatic hydroxyl groups excluding tert-OH is 2. The van der Waals surface area contributed by atoms with Crippen molar-refractivity contribution in [2.24, 2.45) is 0 Å². The number of nitrogen functional groups attached to an aromatic ring is 1. The van der Waals surface area contributed by atoms with E-state index in [-0.39, 0.29) is 24.7 Å². The molecule has 1 aliphatic rings. The third kappa shape index (κ3) is 1.81. The Labute approximate surface area is 107 Å². The number of anilines is 1. The van der Waals surface area contributed by atoms with Gasteiger partial charge in [-0.25, -0.2) is 0 Å². The van der Waals surface area contributed by atoms with Crippen molar-refractivity contribution in [1.29, 1.82) is 0 Å². The lowest BCUT2D eigenvalue weighted by atomic mass is 10.1. The van der Waals surface area contributed by atoms with Gasteiger partial charge in [0.25, 0.3) is 5.56 Å². The van der Waals surface area contributed by atoms with E-state index in [1.807, 2.05) is 0 Å². The summed E-state index contributed by atoms with van der Waals surface area (Å²) < 4.78 is 6.95. The van der Waals surface area contributed by atoms with Gasteiger partial charge in [0, 0.05) is 6.20 Å². The number of nitrogens with zero attached hydrogens (tertiary/aromatic N) is 2. The summed E-state index contributed by atoms with van der Waals surface area (Å²) >= 11 is 0. The average Bonchev–Trinajstić information content (AvgIpc) is 2.92. The first-order valence-corrected chi connectivity index (χ1v) is 5.88. The average molecular weight is 266 g/mol. The minimum Gasteiger partial charge on any atom is -0.394 e. The zero-order valence-corrected chi connectivity index (χ0v) is 9.98. The SMILES string of the molecule is Nc1nc2c(ccn2[C@H]2CO[C@@H](CO)[C@@H]2O)c(=O)[nH]1. The summed E-state index contributed by atoms with van der Waals surface area (Å²) in [4.78, 5) is 18.2. The number of hydrogen-bond donors (Lipinski definition) is 4. The van der Waals surface area contributed by atoms with Crippen LogP contribution in [0.4, 0.5) is 5.95 Å². The Balaban J connectivity index is 2.09. The van der Waals surface area contributed by atoms with Crippen molar-refractivity contribution in [2.75, 3.05) is 18.9 Å². The zero-order valence-electron chi connectivity index (χ0n) is 9.98. The molecule has 8 nitrogen and oxygen atoms in total. The molecule has 3 atom stereocenters. The monoisotopic (exact) mass is 266 g/mol. The van der Waals surface area contributed by atoms with Crippen molar-refractivity contribution in [2.45, 2.75) is 18.2 Å². The second-order valence-electron chi connectivity index (χ2n) is 4.52. The summed E-state index contributed by atoms with van der Waals surface area (Å²) in [5, 5.41) is 19.5. The number of ether oxygens (including phenoxy) is 1. The van der Waals surface area contributed by atoms with Crippen molar-refractivity contribution < 1.29 is 14.9 Å². The smallest absolute Gasteiger partial charge is 0.261 e. The molecule has 0 saturated carbocycles. The van der Waals surface area contributed by atoms with E-state index in [2.05, 4.69) is 9.97 Å². The maximum atomic E-state index is 11.7. The molecule has 3 heterocycles. The molecule has 2 aromatic rings. The fourth-order valence-electron chi connectivity index (χ4n) is 2.40. The number of H-pyrrole nitrogens is 1. The van der Waals surface area contributed by atoms with E-state index in [0.29, 0.717) is 11.0 Å². The van der Waals surface area contributed by atoms with Crippen molar-refractivity contribution in [1.82, 2.24) is 14.5 Å². The molecule has 0 aliphatic carbocycles. The van der Waals surface area contributed by atoms with Gasteiger partial charge >= 0.3 is 0 Å². The minimum absolute atomic E-state index is 0.0181. The van der Waals surface area contributed by atoms with Gasteiger partial charge in [0.15, 0.2) is 0 Å². The van der Waals surface area contributed by atoms with Gasteiger partial charge in [0.1, 0.15) is 17.9 Å². The molecule has 0 bridgehead atoms. The number of aliphatic hydroxyl groups is 2. The molecule has 3 rings (SSSR count). The summed E-state index contributed by atoms with van der Waals surface area (Å²) in [5.74, 6) is 0.0181. The number of aromatic nitrogens is 3. The van der Waals surface area contributed by atoms with E-state index in [1.165, 1.54) is 0 Å². The molecular weight excluding hydrogens is 252 g/mol. The van der Waals surface area contributed by atoms with Gasteiger partial charge in [0.05, 0.1) is 24.6 Å². The van der Waals surface area contributed by atoms with Crippen LogP contribution in [0, 0.1) is 0 Å². The number of nitrogens with two attached hydrogens (primary N) is 1. The molecule has 5 N–H and O–H groups in total. The first-order valence-electron chi connectivity index (χ1n) is 5.88. The molecule has 102 valence electrons. The molecule has 19 heavy (non-hydrogen) atoms. The Morgan fingerprint density at radius 3 is 3.11 bits per heavy atom. The van der Waals surface area contributed by atoms with Crippen LogP contribution >= 0.6 is 0 Å². The van der Waals surface area contributed by atoms with Gasteiger partial charge < -0.3 is 25.3 Å². The second kappa shape index (κ2) is 4.34. The van der Waals surface area contributed by atoms with Crippen LogP contribution in [0.1, 0.15) is 6.04 Å². The Morgan fingerprint density at radius 2 is 2.42 bits per heavy atom. The van der Waals surface area contributed by atoms with Crippen LogP contribution in [0.25, 0.3) is 11.0 Å². The maximum Gasteiger partial charge on any atom is 0.261 e. The highest BCUT2D eigenvalue weighted by Gasteiger charge is 2.37. The Kier molecular flexibility index (Phi) is 2.77. The van der Waals surface area contributed by atoms with Crippen molar-refractivity contribution in [3.8, 4) is 0 Å². The third-order valence-corrected chi connectivity index (χ3v) is 3.39. The lowest BCUT2D eigenvalue weighted by molar-refractivity contribution is 0.00207. The molecule has 8 heteroatoms. The zero-order chi connectivity index (χ0) is 13.6. The largest absolute Gasteiger partial charge is 0.394 e. The Bertz CT molecular complexity index is 664. The fraction of sp³-hybridized carbons (Fsp3) is 0.455. The summed E-state index contributed by atoms with van der Waals surface area (Å²) in [7, 11) is 0. The molecular formula is C11H14N4O4. The summed E-state index contributed by atoms with van der Waals surface area (Å²) in [5.41, 5.74) is 5.60. The van der Waals surface area contributed by atoms with Gasteiger partial charge in [-0.15, -0.1) is 0 Å². The number of hydrogen-bond acceptors (Lipinski definition) is 6. The molecule has 0 spiro atoms. The second-order valence-corrected chi connectivity index (χ2v) is 4.52. The molecule has 1 fully saturated rings. The standard InChI is InChI=1S/C11H14N4O4/c12-11-13-9-5(10(18)14-11)1-2-15(9)6-4-19-7(3-16)8(6)17/h1-2,6-8,16-17H,3-4H2,(H3,12,13,14,18)/t6-,7-,8+/m0/s1. The summed E-state index contributed by atoms with van der Waals surface area (Å²) in [6, 6.07) is 1.21. The first-order chi connectivity index (χ1) is 9.11. The Hall–Kier alpha value is -1.90. The third-order valence-electron chi connectivity index (χ3n) is 3.39. The fourth-order valence-corrected chi connectivity index (χ4v) is 2.40. The summed E-state index contributed by atoms with van der Waals surface area (Å²) in [6.07, 6.45) is 0.174. The van der Waals surface area contributed by atoms with Crippen LogP contribution < -0.4 is 11.3 Å². The van der Waals surface area contributed by atoms with Crippen LogP contribution in [0.15, 0.2) is 17.1 Å². The van der Waals surface area contributed by atoms with Crippen LogP contribution in [0.3, 0.4) is 0 Å². The highest BCUT2D eigenvalue weighted by molar-refractivity contribution is 5.76. The van der Waals surface area contributed by atoms with E-state index < -0.39 is 18.2 Å². The van der Waals surface area contributed by atoms with E-state index in [9.17, 15) is 9.90 Å². The highest BCUT2D eigenvalue weighted by Crippen LogP contribution is 2.27. The normalized spacial score (nSPS) is 27.2. The van der Waals surface area contributed by atoms with Crippen LogP contribution in [0.2, 0.25) is 0 Å². The summed E-state index contributed by atoms with van der Waals surface area (Å²) in [6.45, 7) is -0.0163. The lowest BCUT2D eigenvalue weighted by Gasteiger charge is -2.17. The first kappa shape index (κ1) is 12.2. The van der Waals surface area contributed by atoms with Crippen molar-refractivity contribution >= 4 is 17.0 Å². The number of rotatable bonds is 2. The van der Waals surface area contributed by atoms with Crippen molar-refractivity contribution in [3.05, 3.63) is 22.6 Å². The number of fused-ring (bicyclic) bond motifs is 1. The number of aromatic amines is 1. The van der Waals surface area contributed by atoms with Gasteiger partial charge in [-0.05, 0) is 6.07 Å². The van der Waals surface area contributed by atoms with E-state index in [4.69, 9.17) is 15.6 Å².